The Kier molecular flexibility index (Phi) is 4.30. The van der Waals surface area contributed by atoms with E-state index in [9.17, 15) is 9.59 Å². The number of pyridine rings is 1. The molecule has 2 rings (SSSR count). The SMILES string of the molecule is CCN(CC(=O)OC)C(=O)c1ccc2ncccc2c1. The Morgan fingerprint density at radius 1 is 1.30 bits per heavy atom. The first-order chi connectivity index (χ1) is 9.65. The van der Waals surface area contributed by atoms with Crippen molar-refractivity contribution in [3.63, 3.8) is 0 Å². The van der Waals surface area contributed by atoms with Crippen LogP contribution in [0.1, 0.15) is 17.3 Å². The molecule has 0 aliphatic carbocycles. The number of methoxy groups -OCH3 is 1. The van der Waals surface area contributed by atoms with Crippen LogP contribution in [0.15, 0.2) is 36.5 Å². The van der Waals surface area contributed by atoms with Gasteiger partial charge in [-0.25, -0.2) is 0 Å². The molecule has 0 unspecified atom stereocenters. The summed E-state index contributed by atoms with van der Waals surface area (Å²) >= 11 is 0. The molecule has 1 amide bonds. The molecule has 1 aromatic carbocycles. The molecule has 20 heavy (non-hydrogen) atoms. The lowest BCUT2D eigenvalue weighted by molar-refractivity contribution is -0.141. The summed E-state index contributed by atoms with van der Waals surface area (Å²) in [5.74, 6) is -0.619. The number of rotatable bonds is 4. The number of carbonyl (C=O) groups is 2. The second kappa shape index (κ2) is 6.14. The number of ether oxygens (including phenoxy) is 1. The average Bonchev–Trinajstić information content (AvgIpc) is 2.51. The van der Waals surface area contributed by atoms with Crippen LogP contribution < -0.4 is 0 Å². The summed E-state index contributed by atoms with van der Waals surface area (Å²) < 4.78 is 4.60. The number of carbonyl (C=O) groups excluding carboxylic acids is 2. The molecule has 0 N–H and O–H groups in total. The number of hydrogen-bond donors (Lipinski definition) is 0. The van der Waals surface area contributed by atoms with E-state index in [0.29, 0.717) is 12.1 Å². The smallest absolute Gasteiger partial charge is 0.325 e. The third kappa shape index (κ3) is 2.93. The van der Waals surface area contributed by atoms with Crippen molar-refractivity contribution in [2.45, 2.75) is 6.92 Å². The standard InChI is InChI=1S/C15H16N2O3/c1-3-17(10-14(18)20-2)15(19)12-6-7-13-11(9-12)5-4-8-16-13/h4-9H,3,10H2,1-2H3. The molecule has 0 aliphatic heterocycles. The molecule has 1 aromatic heterocycles. The molecule has 0 radical (unpaired) electrons. The van der Waals surface area contributed by atoms with Gasteiger partial charge in [-0.1, -0.05) is 6.07 Å². The van der Waals surface area contributed by atoms with Crippen molar-refractivity contribution in [3.8, 4) is 0 Å². The van der Waals surface area contributed by atoms with Crippen molar-refractivity contribution in [1.29, 1.82) is 0 Å². The Labute approximate surface area is 117 Å². The molecule has 1 heterocycles. The molecule has 0 fully saturated rings. The Hall–Kier alpha value is -2.43. The topological polar surface area (TPSA) is 59.5 Å². The zero-order valence-electron chi connectivity index (χ0n) is 11.5. The normalized spacial score (nSPS) is 10.3. The van der Waals surface area contributed by atoms with Crippen molar-refractivity contribution in [2.75, 3.05) is 20.2 Å². The van der Waals surface area contributed by atoms with Gasteiger partial charge in [-0.2, -0.15) is 0 Å². The lowest BCUT2D eigenvalue weighted by Crippen LogP contribution is -2.36. The van der Waals surface area contributed by atoms with Gasteiger partial charge in [0, 0.05) is 23.7 Å². The van der Waals surface area contributed by atoms with Gasteiger partial charge in [0.25, 0.3) is 5.91 Å². The van der Waals surface area contributed by atoms with Gasteiger partial charge in [0.15, 0.2) is 0 Å². The molecular weight excluding hydrogens is 256 g/mol. The van der Waals surface area contributed by atoms with E-state index in [2.05, 4.69) is 9.72 Å². The number of aromatic nitrogens is 1. The van der Waals surface area contributed by atoms with Crippen LogP contribution in [-0.2, 0) is 9.53 Å². The molecule has 0 spiro atoms. The maximum absolute atomic E-state index is 12.4. The van der Waals surface area contributed by atoms with Crippen molar-refractivity contribution in [2.24, 2.45) is 0 Å². The molecule has 5 heteroatoms. The second-order valence-electron chi connectivity index (χ2n) is 4.31. The van der Waals surface area contributed by atoms with Crippen LogP contribution in [0, 0.1) is 0 Å². The predicted octanol–water partition coefficient (Wildman–Crippen LogP) is 1.87. The number of fused-ring (bicyclic) bond motifs is 1. The van der Waals surface area contributed by atoms with Crippen LogP contribution >= 0.6 is 0 Å². The summed E-state index contributed by atoms with van der Waals surface area (Å²) in [5.41, 5.74) is 1.37. The highest BCUT2D eigenvalue weighted by Gasteiger charge is 2.17. The van der Waals surface area contributed by atoms with E-state index in [4.69, 9.17) is 0 Å². The van der Waals surface area contributed by atoms with E-state index in [1.165, 1.54) is 12.0 Å². The monoisotopic (exact) mass is 272 g/mol. The van der Waals surface area contributed by atoms with Gasteiger partial charge >= 0.3 is 5.97 Å². The van der Waals surface area contributed by atoms with Gasteiger partial charge in [0.2, 0.25) is 0 Å². The van der Waals surface area contributed by atoms with Crippen LogP contribution in [0.5, 0.6) is 0 Å². The van der Waals surface area contributed by atoms with Crippen LogP contribution in [-0.4, -0.2) is 42.0 Å². The van der Waals surface area contributed by atoms with Crippen LogP contribution in [0.25, 0.3) is 10.9 Å². The third-order valence-corrected chi connectivity index (χ3v) is 3.07. The number of amides is 1. The first-order valence-corrected chi connectivity index (χ1v) is 6.36. The van der Waals surface area contributed by atoms with Crippen LogP contribution in [0.3, 0.4) is 0 Å². The third-order valence-electron chi connectivity index (χ3n) is 3.07. The quantitative estimate of drug-likeness (QED) is 0.797. The fourth-order valence-electron chi connectivity index (χ4n) is 1.94. The van der Waals surface area contributed by atoms with Gasteiger partial charge in [-0.15, -0.1) is 0 Å². The van der Waals surface area contributed by atoms with Crippen molar-refractivity contribution in [3.05, 3.63) is 42.1 Å². The maximum atomic E-state index is 12.4. The van der Waals surface area contributed by atoms with E-state index >= 15 is 0 Å². The number of benzene rings is 1. The second-order valence-corrected chi connectivity index (χ2v) is 4.31. The van der Waals surface area contributed by atoms with Crippen molar-refractivity contribution < 1.29 is 14.3 Å². The van der Waals surface area contributed by atoms with Gasteiger partial charge in [-0.3, -0.25) is 14.6 Å². The molecule has 0 bridgehead atoms. The Morgan fingerprint density at radius 3 is 2.80 bits per heavy atom. The summed E-state index contributed by atoms with van der Waals surface area (Å²) in [7, 11) is 1.31. The molecule has 5 nitrogen and oxygen atoms in total. The number of nitrogens with zero attached hydrogens (tertiary/aromatic N) is 2. The minimum Gasteiger partial charge on any atom is -0.468 e. The predicted molar refractivity (Wildman–Crippen MR) is 75.3 cm³/mol. The fourth-order valence-corrected chi connectivity index (χ4v) is 1.94. The summed E-state index contributed by atoms with van der Waals surface area (Å²) in [4.78, 5) is 29.3. The largest absolute Gasteiger partial charge is 0.468 e. The minimum absolute atomic E-state index is 0.0447. The Bertz CT molecular complexity index is 640. The molecule has 2 aromatic rings. The maximum Gasteiger partial charge on any atom is 0.325 e. The molecule has 0 saturated heterocycles. The van der Waals surface area contributed by atoms with Crippen molar-refractivity contribution >= 4 is 22.8 Å². The first-order valence-electron chi connectivity index (χ1n) is 6.36. The van der Waals surface area contributed by atoms with E-state index in [1.54, 1.807) is 24.4 Å². The van der Waals surface area contributed by atoms with Gasteiger partial charge in [0.05, 0.1) is 12.6 Å². The highest BCUT2D eigenvalue weighted by atomic mass is 16.5. The summed E-state index contributed by atoms with van der Waals surface area (Å²) in [5, 5.41) is 0.896. The molecule has 0 saturated carbocycles. The number of esters is 1. The first kappa shape index (κ1) is 14.0. The summed E-state index contributed by atoms with van der Waals surface area (Å²) in [6.07, 6.45) is 1.71. The van der Waals surface area contributed by atoms with Gasteiger partial charge in [-0.05, 0) is 31.2 Å². The van der Waals surface area contributed by atoms with Crippen molar-refractivity contribution in [1.82, 2.24) is 9.88 Å². The average molecular weight is 272 g/mol. The van der Waals surface area contributed by atoms with Gasteiger partial charge in [0.1, 0.15) is 6.54 Å². The fraction of sp³-hybridized carbons (Fsp3) is 0.267. The highest BCUT2D eigenvalue weighted by Crippen LogP contribution is 2.15. The van der Waals surface area contributed by atoms with E-state index in [1.807, 2.05) is 19.1 Å². The van der Waals surface area contributed by atoms with Crippen LogP contribution in [0.4, 0.5) is 0 Å². The van der Waals surface area contributed by atoms with Gasteiger partial charge < -0.3 is 9.64 Å². The van der Waals surface area contributed by atoms with E-state index < -0.39 is 5.97 Å². The molecule has 0 aliphatic rings. The summed E-state index contributed by atoms with van der Waals surface area (Å²) in [6.45, 7) is 2.22. The zero-order chi connectivity index (χ0) is 14.5. The zero-order valence-corrected chi connectivity index (χ0v) is 11.5. The molecular formula is C15H16N2O3. The molecule has 0 atom stereocenters. The Morgan fingerprint density at radius 2 is 2.10 bits per heavy atom. The lowest BCUT2D eigenvalue weighted by Gasteiger charge is -2.19. The highest BCUT2D eigenvalue weighted by molar-refractivity contribution is 5.99. The molecule has 104 valence electrons. The number of hydrogen-bond acceptors (Lipinski definition) is 4. The van der Waals surface area contributed by atoms with Crippen LogP contribution in [0.2, 0.25) is 0 Å². The minimum atomic E-state index is -0.428. The van der Waals surface area contributed by atoms with E-state index in [0.717, 1.165) is 10.9 Å². The lowest BCUT2D eigenvalue weighted by atomic mass is 10.1. The van der Waals surface area contributed by atoms with E-state index in [-0.39, 0.29) is 12.5 Å². The summed E-state index contributed by atoms with van der Waals surface area (Å²) in [6, 6.07) is 9.02. The Balaban J connectivity index is 2.27. The number of likely N-dealkylation sites (N-methyl/N-ethyl adjacent to an activating group) is 1.